The van der Waals surface area contributed by atoms with Crippen molar-refractivity contribution < 1.29 is 14.4 Å². The fourth-order valence-corrected chi connectivity index (χ4v) is 1.07. The minimum Gasteiger partial charge on any atom is -0.372 e. The van der Waals surface area contributed by atoms with Gasteiger partial charge in [-0.15, -0.1) is 0 Å². The average molecular weight is 203 g/mol. The lowest BCUT2D eigenvalue weighted by Crippen LogP contribution is -2.41. The number of amides is 1. The minimum atomic E-state index is -0.663. The number of unbranched alkanes of at least 4 members (excludes halogenated alkanes) is 1. The van der Waals surface area contributed by atoms with Gasteiger partial charge in [0.05, 0.1) is 0 Å². The molecule has 0 aromatic rings. The Bertz CT molecular complexity index is 196. The van der Waals surface area contributed by atoms with Gasteiger partial charge in [-0.2, -0.15) is 5.90 Å². The average Bonchev–Trinajstić information content (AvgIpc) is 2.15. The topological polar surface area (TPSA) is 107 Å². The number of nitrogens with one attached hydrogen (secondary N) is 1. The van der Waals surface area contributed by atoms with Crippen molar-refractivity contribution in [3.63, 3.8) is 0 Å². The Morgan fingerprint density at radius 2 is 2.07 bits per heavy atom. The SMILES string of the molecule is CC(=O)NC(CCCCN)C(=O)ON. The number of carbonyl (C=O) groups excluding carboxylic acids is 2. The molecule has 0 heterocycles. The molecule has 0 saturated heterocycles. The number of hydrogen-bond donors (Lipinski definition) is 3. The Morgan fingerprint density at radius 3 is 2.50 bits per heavy atom. The molecule has 6 heteroatoms. The predicted octanol–water partition coefficient (Wildman–Crippen LogP) is -0.963. The van der Waals surface area contributed by atoms with Crippen LogP contribution in [0.1, 0.15) is 26.2 Å². The number of rotatable bonds is 6. The van der Waals surface area contributed by atoms with E-state index < -0.39 is 12.0 Å². The van der Waals surface area contributed by atoms with Crippen molar-refractivity contribution in [3.8, 4) is 0 Å². The third kappa shape index (κ3) is 5.50. The van der Waals surface area contributed by atoms with Gasteiger partial charge in [-0.1, -0.05) is 0 Å². The second-order valence-corrected chi connectivity index (χ2v) is 2.97. The first-order valence-electron chi connectivity index (χ1n) is 4.49. The van der Waals surface area contributed by atoms with Crippen LogP contribution in [0, 0.1) is 0 Å². The lowest BCUT2D eigenvalue weighted by Gasteiger charge is -2.14. The highest BCUT2D eigenvalue weighted by molar-refractivity contribution is 5.82. The predicted molar refractivity (Wildman–Crippen MR) is 50.8 cm³/mol. The summed E-state index contributed by atoms with van der Waals surface area (Å²) in [7, 11) is 0. The molecule has 0 aliphatic rings. The summed E-state index contributed by atoms with van der Waals surface area (Å²) >= 11 is 0. The van der Waals surface area contributed by atoms with Crippen molar-refractivity contribution >= 4 is 11.9 Å². The molecule has 0 aliphatic carbocycles. The second kappa shape index (κ2) is 7.28. The van der Waals surface area contributed by atoms with Crippen LogP contribution in [0.2, 0.25) is 0 Å². The maximum atomic E-state index is 11.0. The van der Waals surface area contributed by atoms with Crippen molar-refractivity contribution in [2.45, 2.75) is 32.2 Å². The Labute approximate surface area is 82.9 Å². The van der Waals surface area contributed by atoms with Crippen molar-refractivity contribution in [2.75, 3.05) is 6.54 Å². The lowest BCUT2D eigenvalue weighted by atomic mass is 10.1. The summed E-state index contributed by atoms with van der Waals surface area (Å²) in [6.07, 6.45) is 2.04. The Balaban J connectivity index is 3.97. The zero-order chi connectivity index (χ0) is 11.0. The van der Waals surface area contributed by atoms with E-state index in [9.17, 15) is 9.59 Å². The monoisotopic (exact) mass is 203 g/mol. The summed E-state index contributed by atoms with van der Waals surface area (Å²) in [5.74, 6) is 3.82. The van der Waals surface area contributed by atoms with Gasteiger partial charge < -0.3 is 15.9 Å². The van der Waals surface area contributed by atoms with Gasteiger partial charge in [0, 0.05) is 6.92 Å². The molecule has 1 unspecified atom stereocenters. The van der Waals surface area contributed by atoms with Gasteiger partial charge in [0.2, 0.25) is 5.91 Å². The Kier molecular flexibility index (Phi) is 6.69. The number of nitrogens with two attached hydrogens (primary N) is 2. The molecule has 1 atom stereocenters. The van der Waals surface area contributed by atoms with Crippen LogP contribution in [-0.4, -0.2) is 24.5 Å². The standard InChI is InChI=1S/C8H17N3O3/c1-6(12)11-7(8(13)14-10)4-2-3-5-9/h7H,2-5,9-10H2,1H3,(H,11,12). The van der Waals surface area contributed by atoms with Crippen LogP contribution in [0.3, 0.4) is 0 Å². The molecule has 14 heavy (non-hydrogen) atoms. The zero-order valence-electron chi connectivity index (χ0n) is 8.29. The third-order valence-electron chi connectivity index (χ3n) is 1.73. The van der Waals surface area contributed by atoms with Gasteiger partial charge in [-0.25, -0.2) is 4.79 Å². The van der Waals surface area contributed by atoms with Gasteiger partial charge >= 0.3 is 5.97 Å². The first-order valence-corrected chi connectivity index (χ1v) is 4.49. The van der Waals surface area contributed by atoms with Crippen LogP contribution in [-0.2, 0) is 14.4 Å². The van der Waals surface area contributed by atoms with Crippen molar-refractivity contribution in [3.05, 3.63) is 0 Å². The summed E-state index contributed by atoms with van der Waals surface area (Å²) < 4.78 is 0. The first-order chi connectivity index (χ1) is 6.61. The van der Waals surface area contributed by atoms with Crippen LogP contribution >= 0.6 is 0 Å². The van der Waals surface area contributed by atoms with E-state index in [0.717, 1.165) is 12.8 Å². The highest BCUT2D eigenvalue weighted by atomic mass is 16.7. The molecule has 82 valence electrons. The Hall–Kier alpha value is -1.14. The van der Waals surface area contributed by atoms with Crippen molar-refractivity contribution in [1.82, 2.24) is 5.32 Å². The molecule has 0 fully saturated rings. The second-order valence-electron chi connectivity index (χ2n) is 2.97. The van der Waals surface area contributed by atoms with E-state index in [2.05, 4.69) is 10.2 Å². The summed E-state index contributed by atoms with van der Waals surface area (Å²) in [5.41, 5.74) is 5.30. The van der Waals surface area contributed by atoms with E-state index in [4.69, 9.17) is 11.6 Å². The summed E-state index contributed by atoms with van der Waals surface area (Å²) in [6.45, 7) is 1.89. The Morgan fingerprint density at radius 1 is 1.43 bits per heavy atom. The number of carbonyl (C=O) groups is 2. The molecule has 0 saturated carbocycles. The molecule has 0 radical (unpaired) electrons. The van der Waals surface area contributed by atoms with Crippen molar-refractivity contribution in [2.24, 2.45) is 11.6 Å². The van der Waals surface area contributed by atoms with E-state index in [1.54, 1.807) is 0 Å². The van der Waals surface area contributed by atoms with Gasteiger partial charge in [-0.3, -0.25) is 4.79 Å². The molecule has 1 amide bonds. The molecule has 0 bridgehead atoms. The highest BCUT2D eigenvalue weighted by Crippen LogP contribution is 2.01. The molecular formula is C8H17N3O3. The van der Waals surface area contributed by atoms with E-state index in [0.29, 0.717) is 13.0 Å². The summed E-state index contributed by atoms with van der Waals surface area (Å²) in [4.78, 5) is 25.8. The van der Waals surface area contributed by atoms with Crippen LogP contribution in [0.4, 0.5) is 0 Å². The maximum absolute atomic E-state index is 11.0. The van der Waals surface area contributed by atoms with Gasteiger partial charge in [-0.05, 0) is 25.8 Å². The first kappa shape index (κ1) is 12.9. The molecule has 0 aliphatic heterocycles. The molecule has 0 spiro atoms. The van der Waals surface area contributed by atoms with Crippen LogP contribution in [0.25, 0.3) is 0 Å². The van der Waals surface area contributed by atoms with Crippen LogP contribution in [0.5, 0.6) is 0 Å². The third-order valence-corrected chi connectivity index (χ3v) is 1.73. The smallest absolute Gasteiger partial charge is 0.347 e. The lowest BCUT2D eigenvalue weighted by molar-refractivity contribution is -0.148. The van der Waals surface area contributed by atoms with E-state index in [1.165, 1.54) is 6.92 Å². The largest absolute Gasteiger partial charge is 0.372 e. The fourth-order valence-electron chi connectivity index (χ4n) is 1.07. The molecular weight excluding hydrogens is 186 g/mol. The summed E-state index contributed by atoms with van der Waals surface area (Å²) in [5, 5.41) is 2.46. The normalized spacial score (nSPS) is 11.9. The zero-order valence-corrected chi connectivity index (χ0v) is 8.29. The maximum Gasteiger partial charge on any atom is 0.347 e. The van der Waals surface area contributed by atoms with E-state index in [-0.39, 0.29) is 5.91 Å². The summed E-state index contributed by atoms with van der Waals surface area (Å²) in [6, 6.07) is -0.663. The van der Waals surface area contributed by atoms with E-state index in [1.807, 2.05) is 0 Å². The molecule has 0 rings (SSSR count). The highest BCUT2D eigenvalue weighted by Gasteiger charge is 2.19. The quantitative estimate of drug-likeness (QED) is 0.380. The molecule has 0 aromatic heterocycles. The van der Waals surface area contributed by atoms with E-state index >= 15 is 0 Å². The van der Waals surface area contributed by atoms with Gasteiger partial charge in [0.15, 0.2) is 0 Å². The molecule has 0 aromatic carbocycles. The minimum absolute atomic E-state index is 0.284. The number of hydrogen-bond acceptors (Lipinski definition) is 5. The van der Waals surface area contributed by atoms with Gasteiger partial charge in [0.25, 0.3) is 0 Å². The van der Waals surface area contributed by atoms with Crippen molar-refractivity contribution in [1.29, 1.82) is 0 Å². The fraction of sp³-hybridized carbons (Fsp3) is 0.750. The van der Waals surface area contributed by atoms with Gasteiger partial charge in [0.1, 0.15) is 6.04 Å². The van der Waals surface area contributed by atoms with Crippen LogP contribution in [0.15, 0.2) is 0 Å². The molecule has 5 N–H and O–H groups in total. The molecule has 6 nitrogen and oxygen atoms in total. The van der Waals surface area contributed by atoms with Crippen LogP contribution < -0.4 is 16.9 Å².